The van der Waals surface area contributed by atoms with E-state index >= 15 is 0 Å². The van der Waals surface area contributed by atoms with Crippen molar-refractivity contribution in [2.24, 2.45) is 0 Å². The highest BCUT2D eigenvalue weighted by Gasteiger charge is 2.41. The van der Waals surface area contributed by atoms with Crippen molar-refractivity contribution in [1.82, 2.24) is 14.5 Å². The molecular weight excluding hydrogens is 509 g/mol. The molecule has 1 amide bonds. The Morgan fingerprint density at radius 1 is 1.24 bits per heavy atom. The summed E-state index contributed by atoms with van der Waals surface area (Å²) in [6, 6.07) is 8.65. The van der Waals surface area contributed by atoms with Crippen molar-refractivity contribution >= 4 is 40.1 Å². The average molecular weight is 542 g/mol. The van der Waals surface area contributed by atoms with Crippen molar-refractivity contribution in [3.8, 4) is 5.69 Å². The molecule has 5 rings (SSSR count). The average Bonchev–Trinajstić information content (AvgIpc) is 2.83. The highest BCUT2D eigenvalue weighted by Crippen LogP contribution is 2.40. The third-order valence-corrected chi connectivity index (χ3v) is 7.37. The summed E-state index contributed by atoms with van der Waals surface area (Å²) in [5.41, 5.74) is 2.01. The van der Waals surface area contributed by atoms with Gasteiger partial charge in [0.1, 0.15) is 11.3 Å². The first-order valence-electron chi connectivity index (χ1n) is 12.9. The lowest BCUT2D eigenvalue weighted by atomic mass is 9.99. The van der Waals surface area contributed by atoms with Crippen LogP contribution >= 0.6 is 11.6 Å². The number of carbonyl (C=O) groups excluding carboxylic acids is 1. The van der Waals surface area contributed by atoms with Gasteiger partial charge in [-0.15, -0.1) is 0 Å². The number of ether oxygens (including phenoxy) is 1. The van der Waals surface area contributed by atoms with Crippen LogP contribution < -0.4 is 15.8 Å². The van der Waals surface area contributed by atoms with E-state index in [1.807, 2.05) is 52.0 Å². The van der Waals surface area contributed by atoms with Crippen molar-refractivity contribution in [1.29, 1.82) is 0 Å². The number of rotatable bonds is 2. The predicted octanol–water partition coefficient (Wildman–Crippen LogP) is 5.54. The summed E-state index contributed by atoms with van der Waals surface area (Å²) in [7, 11) is 0. The predicted molar refractivity (Wildman–Crippen MR) is 148 cm³/mol. The van der Waals surface area contributed by atoms with Crippen LogP contribution in [0.2, 0.25) is 5.15 Å². The lowest BCUT2D eigenvalue weighted by molar-refractivity contribution is 0.0128. The van der Waals surface area contributed by atoms with Crippen molar-refractivity contribution in [2.45, 2.75) is 65.1 Å². The molecule has 0 unspecified atom stereocenters. The van der Waals surface area contributed by atoms with E-state index in [0.717, 1.165) is 5.56 Å². The second-order valence-corrected chi connectivity index (χ2v) is 11.7. The maximum atomic E-state index is 14.9. The number of piperazine rings is 1. The number of aromatic nitrogens is 2. The molecule has 1 N–H and O–H groups in total. The SMILES string of the molecule is CC(C)c1ccccc1-n1c(=O)c2c(c3cc(F)c(Cl)nc31)N1C[C@@H](C)N(C(=O)OC(C)(C)C)C[C@@H]1CN2. The number of halogens is 2. The molecule has 0 spiro atoms. The molecule has 2 aliphatic rings. The third kappa shape index (κ3) is 4.46. The minimum absolute atomic E-state index is 0.138. The van der Waals surface area contributed by atoms with Gasteiger partial charge in [-0.1, -0.05) is 43.6 Å². The number of pyridine rings is 2. The summed E-state index contributed by atoms with van der Waals surface area (Å²) in [5.74, 6) is -0.523. The zero-order valence-corrected chi connectivity index (χ0v) is 23.3. The minimum atomic E-state index is -0.661. The van der Waals surface area contributed by atoms with Gasteiger partial charge in [0.15, 0.2) is 16.6 Å². The fourth-order valence-corrected chi connectivity index (χ4v) is 5.52. The molecule has 1 saturated heterocycles. The van der Waals surface area contributed by atoms with Crippen LogP contribution in [0.15, 0.2) is 35.1 Å². The molecule has 2 aliphatic heterocycles. The Morgan fingerprint density at radius 3 is 2.63 bits per heavy atom. The summed E-state index contributed by atoms with van der Waals surface area (Å²) in [5, 5.41) is 3.49. The molecule has 1 fully saturated rings. The Kier molecular flexibility index (Phi) is 6.54. The van der Waals surface area contributed by atoms with E-state index in [0.29, 0.717) is 42.1 Å². The van der Waals surface area contributed by atoms with Crippen LogP contribution in [0.1, 0.15) is 53.0 Å². The van der Waals surface area contributed by atoms with Gasteiger partial charge < -0.3 is 19.9 Å². The second-order valence-electron chi connectivity index (χ2n) is 11.4. The first-order valence-corrected chi connectivity index (χ1v) is 13.3. The third-order valence-electron chi connectivity index (χ3n) is 7.10. The minimum Gasteiger partial charge on any atom is -0.444 e. The quantitative estimate of drug-likeness (QED) is 0.429. The van der Waals surface area contributed by atoms with Crippen LogP contribution in [-0.2, 0) is 4.74 Å². The Morgan fingerprint density at radius 2 is 1.95 bits per heavy atom. The van der Waals surface area contributed by atoms with Gasteiger partial charge in [0.05, 0.1) is 17.4 Å². The van der Waals surface area contributed by atoms with E-state index in [1.54, 1.807) is 4.90 Å². The lowest BCUT2D eigenvalue weighted by Crippen LogP contribution is -2.63. The molecule has 202 valence electrons. The summed E-state index contributed by atoms with van der Waals surface area (Å²) in [6.07, 6.45) is -0.375. The first kappa shape index (κ1) is 26.3. The van der Waals surface area contributed by atoms with Gasteiger partial charge in [-0.3, -0.25) is 9.36 Å². The van der Waals surface area contributed by atoms with Gasteiger partial charge in [0.2, 0.25) is 0 Å². The fraction of sp³-hybridized carbons (Fsp3) is 0.464. The summed E-state index contributed by atoms with van der Waals surface area (Å²) >= 11 is 6.16. The molecule has 2 aromatic heterocycles. The van der Waals surface area contributed by atoms with E-state index < -0.39 is 11.4 Å². The van der Waals surface area contributed by atoms with Crippen LogP contribution in [-0.4, -0.2) is 57.9 Å². The molecule has 1 aromatic carbocycles. The number of anilines is 2. The molecule has 0 bridgehead atoms. The maximum absolute atomic E-state index is 14.9. The fourth-order valence-electron chi connectivity index (χ4n) is 5.39. The Bertz CT molecular complexity index is 1480. The van der Waals surface area contributed by atoms with Gasteiger partial charge in [0.25, 0.3) is 5.56 Å². The van der Waals surface area contributed by atoms with E-state index in [2.05, 4.69) is 29.0 Å². The van der Waals surface area contributed by atoms with E-state index in [1.165, 1.54) is 10.6 Å². The normalized spacial score (nSPS) is 19.3. The number of amides is 1. The number of hydrogen-bond acceptors (Lipinski definition) is 6. The number of hydrogen-bond donors (Lipinski definition) is 1. The number of nitrogens with one attached hydrogen (secondary N) is 1. The molecule has 8 nitrogen and oxygen atoms in total. The molecule has 0 aliphatic carbocycles. The van der Waals surface area contributed by atoms with Gasteiger partial charge in [-0.25, -0.2) is 14.2 Å². The van der Waals surface area contributed by atoms with Gasteiger partial charge >= 0.3 is 6.09 Å². The molecule has 3 aromatic rings. The maximum Gasteiger partial charge on any atom is 0.410 e. The number of nitrogens with zero attached hydrogens (tertiary/aromatic N) is 4. The smallest absolute Gasteiger partial charge is 0.410 e. The second kappa shape index (κ2) is 9.45. The molecule has 10 heteroatoms. The summed E-state index contributed by atoms with van der Waals surface area (Å²) in [4.78, 5) is 35.2. The van der Waals surface area contributed by atoms with Gasteiger partial charge in [-0.05, 0) is 51.3 Å². The highest BCUT2D eigenvalue weighted by molar-refractivity contribution is 6.30. The van der Waals surface area contributed by atoms with E-state index in [9.17, 15) is 14.0 Å². The zero-order valence-electron chi connectivity index (χ0n) is 22.5. The Hall–Kier alpha value is -3.33. The highest BCUT2D eigenvalue weighted by atomic mass is 35.5. The van der Waals surface area contributed by atoms with Crippen LogP contribution in [0.3, 0.4) is 0 Å². The Labute approximate surface area is 226 Å². The zero-order chi connectivity index (χ0) is 27.5. The number of fused-ring (bicyclic) bond motifs is 5. The number of benzene rings is 1. The molecule has 0 radical (unpaired) electrons. The van der Waals surface area contributed by atoms with Crippen LogP contribution in [0.25, 0.3) is 16.7 Å². The summed E-state index contributed by atoms with van der Waals surface area (Å²) < 4.78 is 22.1. The molecular formula is C28H33ClFN5O3. The number of carbonyl (C=O) groups is 1. The van der Waals surface area contributed by atoms with E-state index in [4.69, 9.17) is 16.3 Å². The van der Waals surface area contributed by atoms with E-state index in [-0.39, 0.29) is 40.5 Å². The molecule has 4 heterocycles. The van der Waals surface area contributed by atoms with Crippen LogP contribution in [0.5, 0.6) is 0 Å². The standard InChI is InChI=1S/C28H33ClFN5O3/c1-15(2)18-9-7-8-10-21(18)35-25-19(11-20(30)24(29)32-25)23-22(26(35)36)31-12-17-14-33(16(3)13-34(17)23)27(37)38-28(4,5)6/h7-11,15-17,31H,12-14H2,1-6H3/t16-,17+/m1/s1. The monoisotopic (exact) mass is 541 g/mol. The summed E-state index contributed by atoms with van der Waals surface area (Å²) in [6.45, 7) is 12.9. The van der Waals surface area contributed by atoms with Crippen molar-refractivity contribution in [2.75, 3.05) is 29.9 Å². The molecule has 2 atom stereocenters. The van der Waals surface area contributed by atoms with Crippen LogP contribution in [0, 0.1) is 5.82 Å². The van der Waals surface area contributed by atoms with Crippen LogP contribution in [0.4, 0.5) is 20.6 Å². The van der Waals surface area contributed by atoms with Crippen molar-refractivity contribution in [3.05, 3.63) is 57.2 Å². The van der Waals surface area contributed by atoms with Crippen molar-refractivity contribution in [3.63, 3.8) is 0 Å². The van der Waals surface area contributed by atoms with Gasteiger partial charge in [0, 0.05) is 31.1 Å². The largest absolute Gasteiger partial charge is 0.444 e. The lowest BCUT2D eigenvalue weighted by Gasteiger charge is -2.49. The molecule has 0 saturated carbocycles. The number of para-hydroxylation sites is 1. The Balaban J connectivity index is 1.68. The van der Waals surface area contributed by atoms with Gasteiger partial charge in [-0.2, -0.15) is 0 Å². The first-order chi connectivity index (χ1) is 17.9. The van der Waals surface area contributed by atoms with Crippen molar-refractivity contribution < 1.29 is 13.9 Å². The topological polar surface area (TPSA) is 79.7 Å². The molecule has 38 heavy (non-hydrogen) atoms.